The van der Waals surface area contributed by atoms with Gasteiger partial charge in [-0.15, -0.1) is 11.8 Å². The molecule has 16 heteroatoms. The number of thioether (sulfide) groups is 1. The van der Waals surface area contributed by atoms with Crippen LogP contribution in [0.3, 0.4) is 0 Å². The Kier molecular flexibility index (Phi) is 10.0. The zero-order valence-electron chi connectivity index (χ0n) is 31.9. The molecule has 4 N–H and O–H groups in total. The van der Waals surface area contributed by atoms with Crippen LogP contribution < -0.4 is 21.3 Å². The van der Waals surface area contributed by atoms with Crippen LogP contribution in [0.2, 0.25) is 0 Å². The Labute approximate surface area is 332 Å². The number of rotatable bonds is 10. The van der Waals surface area contributed by atoms with Gasteiger partial charge in [-0.3, -0.25) is 14.5 Å². The fraction of sp³-hybridized carbons (Fsp3) is 0.700. The molecule has 0 spiro atoms. The number of amides is 2. The lowest BCUT2D eigenvalue weighted by Crippen LogP contribution is -2.67. The molecule has 8 bridgehead atoms. The summed E-state index contributed by atoms with van der Waals surface area (Å²) in [5.74, 6) is 5.49. The number of hydrogen-bond acceptors (Lipinski definition) is 14. The van der Waals surface area contributed by atoms with Gasteiger partial charge in [0.1, 0.15) is 18.8 Å². The molecule has 2 aromatic rings. The average Bonchev–Trinajstić information content (AvgIpc) is 3.86. The summed E-state index contributed by atoms with van der Waals surface area (Å²) in [6.45, 7) is 1.12. The zero-order chi connectivity index (χ0) is 38.4. The summed E-state index contributed by atoms with van der Waals surface area (Å²) >= 11 is 1.66. The maximum absolute atomic E-state index is 12.7. The van der Waals surface area contributed by atoms with Crippen LogP contribution in [0.1, 0.15) is 77.0 Å². The Bertz CT molecular complexity index is 1700. The number of carbonyl (C=O) groups is 2. The van der Waals surface area contributed by atoms with Gasteiger partial charge < -0.3 is 30.9 Å². The van der Waals surface area contributed by atoms with Gasteiger partial charge in [0.05, 0.1) is 37.7 Å². The smallest absolute Gasteiger partial charge is 0.239 e. The minimum Gasteiger partial charge on any atom is -0.358 e. The van der Waals surface area contributed by atoms with Gasteiger partial charge in [-0.25, -0.2) is 19.9 Å². The number of aromatic nitrogens is 4. The number of anilines is 2. The largest absolute Gasteiger partial charge is 0.358 e. The first-order valence-electron chi connectivity index (χ1n) is 20.3. The number of nitriles is 2. The normalized spacial score (nSPS) is 38.4. The predicted octanol–water partition coefficient (Wildman–Crippen LogP) is 3.27. The van der Waals surface area contributed by atoms with Crippen molar-refractivity contribution in [2.24, 2.45) is 23.7 Å². The molecule has 12 rings (SSSR count). The van der Waals surface area contributed by atoms with Crippen LogP contribution in [-0.4, -0.2) is 114 Å². The molecule has 2 saturated heterocycles. The third-order valence-corrected chi connectivity index (χ3v) is 15.0. The van der Waals surface area contributed by atoms with E-state index in [4.69, 9.17) is 4.74 Å². The highest BCUT2D eigenvalue weighted by Crippen LogP contribution is 2.59. The quantitative estimate of drug-likeness (QED) is 0.274. The summed E-state index contributed by atoms with van der Waals surface area (Å²) in [6.07, 6.45) is 20.8. The van der Waals surface area contributed by atoms with Gasteiger partial charge >= 0.3 is 0 Å². The van der Waals surface area contributed by atoms with Crippen LogP contribution in [0.4, 0.5) is 11.9 Å². The molecule has 15 nitrogen and oxygen atoms in total. The van der Waals surface area contributed by atoms with Crippen LogP contribution in [0.15, 0.2) is 36.9 Å². The molecular formula is C40H52N12O3S. The zero-order valence-corrected chi connectivity index (χ0v) is 32.7. The van der Waals surface area contributed by atoms with E-state index in [1.54, 1.807) is 46.3 Å². The highest BCUT2D eigenvalue weighted by molar-refractivity contribution is 7.99. The van der Waals surface area contributed by atoms with Crippen molar-refractivity contribution < 1.29 is 14.3 Å². The lowest BCUT2D eigenvalue weighted by molar-refractivity contribution is -0.133. The van der Waals surface area contributed by atoms with Crippen molar-refractivity contribution in [2.45, 2.75) is 111 Å². The minimum atomic E-state index is -0.464. The first-order chi connectivity index (χ1) is 27.2. The van der Waals surface area contributed by atoms with E-state index in [-0.39, 0.29) is 53.3 Å². The number of carbonyl (C=O) groups excluding carboxylic acids is 2. The van der Waals surface area contributed by atoms with Crippen LogP contribution in [0, 0.1) is 46.3 Å². The highest BCUT2D eigenvalue weighted by Gasteiger charge is 2.59. The van der Waals surface area contributed by atoms with E-state index in [1.165, 1.54) is 25.7 Å². The fourth-order valence-corrected chi connectivity index (χ4v) is 13.9. The van der Waals surface area contributed by atoms with E-state index in [0.29, 0.717) is 54.6 Å². The van der Waals surface area contributed by atoms with Crippen molar-refractivity contribution in [3.63, 3.8) is 0 Å². The lowest BCUT2D eigenvalue weighted by Gasteiger charge is -2.62. The molecule has 2 amide bonds. The van der Waals surface area contributed by atoms with E-state index in [0.717, 1.165) is 57.1 Å². The second-order valence-corrected chi connectivity index (χ2v) is 19.2. The molecular weight excluding hydrogens is 729 g/mol. The number of hydrogen-bond donors (Lipinski definition) is 4. The van der Waals surface area contributed by atoms with Crippen molar-refractivity contribution in [1.29, 1.82) is 10.5 Å². The summed E-state index contributed by atoms with van der Waals surface area (Å²) in [5, 5.41) is 33.1. The highest BCUT2D eigenvalue weighted by atomic mass is 32.2. The SMILES string of the molecule is N#C[C@@H]1CSCN1C(=O)CNC12CC3CC(C1)CC(Nc1ncccn1)(C3)C2.N#C[C@H]1COCN1C(=O)CNC12CC3CC(C1)CC(Nc1ncccn1)(C3)C2. The van der Waals surface area contributed by atoms with Crippen LogP contribution in [-0.2, 0) is 14.3 Å². The molecule has 56 heavy (non-hydrogen) atoms. The predicted molar refractivity (Wildman–Crippen MR) is 208 cm³/mol. The van der Waals surface area contributed by atoms with Crippen molar-refractivity contribution in [3.8, 4) is 12.1 Å². The molecule has 8 aliphatic carbocycles. The van der Waals surface area contributed by atoms with Gasteiger partial charge in [-0.2, -0.15) is 10.5 Å². The second-order valence-electron chi connectivity index (χ2n) is 18.2. The van der Waals surface area contributed by atoms with Crippen LogP contribution in [0.5, 0.6) is 0 Å². The van der Waals surface area contributed by atoms with Gasteiger partial charge in [0.15, 0.2) is 0 Å². The number of nitrogens with zero attached hydrogens (tertiary/aromatic N) is 8. The van der Waals surface area contributed by atoms with Crippen molar-refractivity contribution in [1.82, 2.24) is 40.4 Å². The molecule has 2 aliphatic heterocycles. The van der Waals surface area contributed by atoms with Crippen molar-refractivity contribution in [2.75, 3.05) is 48.7 Å². The summed E-state index contributed by atoms with van der Waals surface area (Å²) < 4.78 is 5.29. The Morgan fingerprint density at radius 2 is 1.14 bits per heavy atom. The van der Waals surface area contributed by atoms with Crippen LogP contribution >= 0.6 is 11.8 Å². The molecule has 0 aromatic carbocycles. The molecule has 2 aromatic heterocycles. The Hall–Kier alpha value is -4.09. The van der Waals surface area contributed by atoms with E-state index in [2.05, 4.69) is 53.3 Å². The summed E-state index contributed by atoms with van der Waals surface area (Å²) in [5.41, 5.74) is 0.0222. The van der Waals surface area contributed by atoms with E-state index in [1.807, 2.05) is 12.1 Å². The Morgan fingerprint density at radius 1 is 0.696 bits per heavy atom. The molecule has 0 radical (unpaired) electrons. The molecule has 4 heterocycles. The summed E-state index contributed by atoms with van der Waals surface area (Å²) in [7, 11) is 0. The van der Waals surface area contributed by atoms with E-state index < -0.39 is 6.04 Å². The molecule has 4 unspecified atom stereocenters. The molecule has 6 atom stereocenters. The average molecular weight is 781 g/mol. The monoisotopic (exact) mass is 780 g/mol. The topological polar surface area (TPSA) is 197 Å². The Morgan fingerprint density at radius 3 is 1.61 bits per heavy atom. The molecule has 10 fully saturated rings. The Balaban J connectivity index is 0.000000146. The maximum atomic E-state index is 12.7. The van der Waals surface area contributed by atoms with Crippen LogP contribution in [0.25, 0.3) is 0 Å². The van der Waals surface area contributed by atoms with Gasteiger partial charge in [0.2, 0.25) is 23.7 Å². The van der Waals surface area contributed by atoms with Gasteiger partial charge in [0.25, 0.3) is 0 Å². The number of ether oxygens (including phenoxy) is 1. The maximum Gasteiger partial charge on any atom is 0.239 e. The standard InChI is InChI=1S/C20H26N6O2.C20H26N6OS/c2*21-9-16-11-28-13-26(16)17(27)10-24-19-5-14-4-15(6-19)8-20(7-14,12-19)25-18-22-2-1-3-23-18/h2*1-3,14-16,24H,4-8,10-13H2,(H,22,23,25)/t2*14?,15?,16-,19?,20?/m01/s1. The summed E-state index contributed by atoms with van der Waals surface area (Å²) in [4.78, 5) is 46.2. The van der Waals surface area contributed by atoms with Crippen molar-refractivity contribution in [3.05, 3.63) is 36.9 Å². The number of nitrogens with one attached hydrogen (secondary N) is 4. The summed E-state index contributed by atoms with van der Waals surface area (Å²) in [6, 6.07) is 7.33. The molecule has 8 saturated carbocycles. The molecule has 10 aliphatic rings. The van der Waals surface area contributed by atoms with E-state index >= 15 is 0 Å². The first-order valence-corrected chi connectivity index (χ1v) is 21.5. The third-order valence-electron chi connectivity index (χ3n) is 13.9. The lowest BCUT2D eigenvalue weighted by atomic mass is 9.50. The van der Waals surface area contributed by atoms with E-state index in [9.17, 15) is 20.1 Å². The van der Waals surface area contributed by atoms with Gasteiger partial charge in [-0.05, 0) is 113 Å². The second kappa shape index (κ2) is 15.0. The fourth-order valence-electron chi connectivity index (χ4n) is 12.8. The third kappa shape index (κ3) is 7.53. The minimum absolute atomic E-state index is 0.00737. The van der Waals surface area contributed by atoms with Gasteiger partial charge in [0, 0.05) is 52.7 Å². The van der Waals surface area contributed by atoms with Gasteiger partial charge in [-0.1, -0.05) is 0 Å². The first kappa shape index (κ1) is 37.5. The molecule has 296 valence electrons. The van der Waals surface area contributed by atoms with Crippen molar-refractivity contribution >= 4 is 35.5 Å².